The van der Waals surface area contributed by atoms with Crippen molar-refractivity contribution in [3.05, 3.63) is 29.0 Å². The Morgan fingerprint density at radius 1 is 1.45 bits per heavy atom. The van der Waals surface area contributed by atoms with Gasteiger partial charge in [0.15, 0.2) is 9.84 Å². The standard InChI is InChI=1S/C13H13ClFNO4S2/c1-2-6-16(10-5-7-21(17,18)9-10)22(19,20)11-3-4-13(15)12(14)8-11/h1,3-4,8,10H,5-7,9H2. The van der Waals surface area contributed by atoms with Gasteiger partial charge in [-0.1, -0.05) is 17.5 Å². The lowest BCUT2D eigenvalue weighted by Crippen LogP contribution is -2.41. The summed E-state index contributed by atoms with van der Waals surface area (Å²) in [7, 11) is -7.34. The fourth-order valence-corrected chi connectivity index (χ4v) is 5.94. The van der Waals surface area contributed by atoms with E-state index in [4.69, 9.17) is 18.0 Å². The average Bonchev–Trinajstić information content (AvgIpc) is 2.78. The predicted molar refractivity (Wildman–Crippen MR) is 81.2 cm³/mol. The number of nitrogens with zero attached hydrogens (tertiary/aromatic N) is 1. The molecule has 1 heterocycles. The van der Waals surface area contributed by atoms with Crippen LogP contribution >= 0.6 is 11.6 Å². The van der Waals surface area contributed by atoms with Gasteiger partial charge in [-0.3, -0.25) is 0 Å². The van der Waals surface area contributed by atoms with E-state index in [9.17, 15) is 21.2 Å². The molecular formula is C13H13ClFNO4S2. The molecule has 22 heavy (non-hydrogen) atoms. The first-order chi connectivity index (χ1) is 10.2. The number of sulfone groups is 1. The van der Waals surface area contributed by atoms with Crippen molar-refractivity contribution >= 4 is 31.5 Å². The van der Waals surface area contributed by atoms with Crippen molar-refractivity contribution in [2.45, 2.75) is 17.4 Å². The maximum atomic E-state index is 13.2. The lowest BCUT2D eigenvalue weighted by Gasteiger charge is -2.25. The van der Waals surface area contributed by atoms with Crippen molar-refractivity contribution in [1.29, 1.82) is 0 Å². The highest BCUT2D eigenvalue weighted by Crippen LogP contribution is 2.27. The number of hydrogen-bond donors (Lipinski definition) is 0. The van der Waals surface area contributed by atoms with Gasteiger partial charge in [-0.25, -0.2) is 21.2 Å². The summed E-state index contributed by atoms with van der Waals surface area (Å²) in [6.07, 6.45) is 5.38. The fourth-order valence-electron chi connectivity index (χ4n) is 2.28. The summed E-state index contributed by atoms with van der Waals surface area (Å²) in [6, 6.07) is 2.27. The van der Waals surface area contributed by atoms with Gasteiger partial charge in [0.05, 0.1) is 28.0 Å². The molecule has 0 bridgehead atoms. The van der Waals surface area contributed by atoms with Crippen LogP contribution in [0.4, 0.5) is 4.39 Å². The van der Waals surface area contributed by atoms with E-state index in [-0.39, 0.29) is 34.4 Å². The second kappa shape index (κ2) is 6.16. The topological polar surface area (TPSA) is 71.5 Å². The average molecular weight is 366 g/mol. The first-order valence-corrected chi connectivity index (χ1v) is 9.92. The highest BCUT2D eigenvalue weighted by molar-refractivity contribution is 7.92. The van der Waals surface area contributed by atoms with E-state index in [1.165, 1.54) is 0 Å². The van der Waals surface area contributed by atoms with E-state index < -0.39 is 31.7 Å². The second-order valence-corrected chi connectivity index (χ2v) is 9.41. The van der Waals surface area contributed by atoms with Crippen molar-refractivity contribution < 1.29 is 21.2 Å². The first kappa shape index (κ1) is 17.2. The maximum absolute atomic E-state index is 13.2. The molecule has 0 N–H and O–H groups in total. The van der Waals surface area contributed by atoms with Gasteiger partial charge >= 0.3 is 0 Å². The Morgan fingerprint density at radius 3 is 2.64 bits per heavy atom. The third-order valence-corrected chi connectivity index (χ3v) is 7.29. The van der Waals surface area contributed by atoms with E-state index in [0.717, 1.165) is 22.5 Å². The molecule has 1 aromatic carbocycles. The molecule has 0 amide bonds. The Balaban J connectivity index is 2.42. The Kier molecular flexibility index (Phi) is 4.82. The molecule has 0 spiro atoms. The van der Waals surface area contributed by atoms with E-state index in [2.05, 4.69) is 5.92 Å². The molecule has 9 heteroatoms. The number of halogens is 2. The Morgan fingerprint density at radius 2 is 2.14 bits per heavy atom. The molecule has 5 nitrogen and oxygen atoms in total. The van der Waals surface area contributed by atoms with Gasteiger partial charge in [-0.05, 0) is 24.6 Å². The quantitative estimate of drug-likeness (QED) is 0.754. The number of rotatable bonds is 4. The molecule has 0 radical (unpaired) electrons. The van der Waals surface area contributed by atoms with Gasteiger partial charge in [-0.2, -0.15) is 4.31 Å². The van der Waals surface area contributed by atoms with Gasteiger partial charge in [0.2, 0.25) is 10.0 Å². The smallest absolute Gasteiger partial charge is 0.229 e. The van der Waals surface area contributed by atoms with E-state index in [0.29, 0.717) is 0 Å². The molecular weight excluding hydrogens is 353 g/mol. The van der Waals surface area contributed by atoms with Crippen LogP contribution < -0.4 is 0 Å². The van der Waals surface area contributed by atoms with Gasteiger partial charge < -0.3 is 0 Å². The number of benzene rings is 1. The molecule has 1 aromatic rings. The van der Waals surface area contributed by atoms with E-state index in [1.54, 1.807) is 0 Å². The van der Waals surface area contributed by atoms with Crippen LogP contribution in [0.3, 0.4) is 0 Å². The number of terminal acetylenes is 1. The van der Waals surface area contributed by atoms with Crippen LogP contribution in [0, 0.1) is 18.2 Å². The highest BCUT2D eigenvalue weighted by Gasteiger charge is 2.38. The first-order valence-electron chi connectivity index (χ1n) is 6.28. The Hall–Kier alpha value is -1.14. The molecule has 1 aliphatic rings. The zero-order valence-electron chi connectivity index (χ0n) is 11.4. The van der Waals surface area contributed by atoms with Crippen LogP contribution in [0.1, 0.15) is 6.42 Å². The Bertz CT molecular complexity index is 830. The van der Waals surface area contributed by atoms with Crippen LogP contribution in [0.25, 0.3) is 0 Å². The summed E-state index contributed by atoms with van der Waals surface area (Å²) >= 11 is 5.61. The van der Waals surface area contributed by atoms with Gasteiger partial charge in [0.1, 0.15) is 5.82 Å². The zero-order valence-corrected chi connectivity index (χ0v) is 13.8. The summed E-state index contributed by atoms with van der Waals surface area (Å²) in [5.41, 5.74) is 0. The monoisotopic (exact) mass is 365 g/mol. The maximum Gasteiger partial charge on any atom is 0.244 e. The largest absolute Gasteiger partial charge is 0.244 e. The molecule has 1 fully saturated rings. The molecule has 1 atom stereocenters. The van der Waals surface area contributed by atoms with Crippen LogP contribution in [0.2, 0.25) is 5.02 Å². The van der Waals surface area contributed by atoms with Crippen molar-refractivity contribution in [2.75, 3.05) is 18.1 Å². The fraction of sp³-hybridized carbons (Fsp3) is 0.385. The van der Waals surface area contributed by atoms with Crippen LogP contribution in [-0.2, 0) is 19.9 Å². The van der Waals surface area contributed by atoms with Crippen LogP contribution in [0.5, 0.6) is 0 Å². The summed E-state index contributed by atoms with van der Waals surface area (Å²) in [4.78, 5) is -0.224. The van der Waals surface area contributed by atoms with Crippen molar-refractivity contribution in [1.82, 2.24) is 4.31 Å². The predicted octanol–water partition coefficient (Wildman–Crippen LogP) is 1.29. The molecule has 120 valence electrons. The number of sulfonamides is 1. The van der Waals surface area contributed by atoms with E-state index in [1.807, 2.05) is 0 Å². The molecule has 0 aromatic heterocycles. The molecule has 1 unspecified atom stereocenters. The summed E-state index contributed by atoms with van der Waals surface area (Å²) < 4.78 is 62.6. The molecule has 1 aliphatic heterocycles. The van der Waals surface area contributed by atoms with Gasteiger partial charge in [0.25, 0.3) is 0 Å². The molecule has 1 saturated heterocycles. The van der Waals surface area contributed by atoms with Crippen molar-refractivity contribution in [3.63, 3.8) is 0 Å². The normalized spacial score (nSPS) is 20.9. The van der Waals surface area contributed by atoms with Gasteiger partial charge in [0, 0.05) is 6.04 Å². The lowest BCUT2D eigenvalue weighted by atomic mass is 10.3. The molecule has 2 rings (SSSR count). The third kappa shape index (κ3) is 3.43. The zero-order chi connectivity index (χ0) is 16.5. The molecule has 0 aliphatic carbocycles. The highest BCUT2D eigenvalue weighted by atomic mass is 35.5. The minimum atomic E-state index is -4.06. The minimum absolute atomic E-state index is 0.0849. The van der Waals surface area contributed by atoms with Crippen LogP contribution in [-0.4, -0.2) is 45.2 Å². The SMILES string of the molecule is C#CCN(C1CCS(=O)(=O)C1)S(=O)(=O)c1ccc(F)c(Cl)c1. The number of hydrogen-bond acceptors (Lipinski definition) is 4. The minimum Gasteiger partial charge on any atom is -0.229 e. The summed E-state index contributed by atoms with van der Waals surface area (Å²) in [5, 5.41) is -0.333. The second-order valence-electron chi connectivity index (χ2n) is 4.89. The van der Waals surface area contributed by atoms with Crippen molar-refractivity contribution in [2.24, 2.45) is 0 Å². The third-order valence-electron chi connectivity index (χ3n) is 3.36. The van der Waals surface area contributed by atoms with E-state index >= 15 is 0 Å². The summed E-state index contributed by atoms with van der Waals surface area (Å²) in [6.45, 7) is -0.266. The summed E-state index contributed by atoms with van der Waals surface area (Å²) in [5.74, 6) is 1.12. The Labute approximate surface area is 134 Å². The lowest BCUT2D eigenvalue weighted by molar-refractivity contribution is 0.371. The van der Waals surface area contributed by atoms with Crippen molar-refractivity contribution in [3.8, 4) is 12.3 Å². The van der Waals surface area contributed by atoms with Gasteiger partial charge in [-0.15, -0.1) is 6.42 Å². The molecule has 0 saturated carbocycles. The van der Waals surface area contributed by atoms with Crippen LogP contribution in [0.15, 0.2) is 23.1 Å².